The summed E-state index contributed by atoms with van der Waals surface area (Å²) in [6, 6.07) is 13.9. The number of aliphatic hydroxyl groups is 1. The van der Waals surface area contributed by atoms with Crippen LogP contribution in [0.1, 0.15) is 43.0 Å². The highest BCUT2D eigenvalue weighted by Crippen LogP contribution is 2.40. The fourth-order valence-electron chi connectivity index (χ4n) is 4.17. The Bertz CT molecular complexity index is 1180. The first-order chi connectivity index (χ1) is 16.3. The lowest BCUT2D eigenvalue weighted by Crippen LogP contribution is -2.31. The Morgan fingerprint density at radius 2 is 1.76 bits per heavy atom. The van der Waals surface area contributed by atoms with Crippen LogP contribution in [0.3, 0.4) is 0 Å². The molecule has 0 bridgehead atoms. The molecule has 1 saturated heterocycles. The van der Waals surface area contributed by atoms with E-state index in [1.807, 2.05) is 67.9 Å². The van der Waals surface area contributed by atoms with Gasteiger partial charge in [-0.25, -0.2) is 4.98 Å². The van der Waals surface area contributed by atoms with Crippen molar-refractivity contribution in [1.82, 2.24) is 14.5 Å². The van der Waals surface area contributed by atoms with E-state index in [1.165, 1.54) is 0 Å². The number of nitrogens with zero attached hydrogens (tertiary/aromatic N) is 3. The minimum absolute atomic E-state index is 0.0289. The Morgan fingerprint density at radius 1 is 1.06 bits per heavy atom. The molecule has 2 heterocycles. The SMILES string of the molecule is Cc1ccc(/C(O)=C2/C(=O)C(=O)N(CCCn3ccnc3)C2c2ccc(OC(C)C)cc2)cc1. The third-order valence-corrected chi connectivity index (χ3v) is 5.81. The van der Waals surface area contributed by atoms with Crippen molar-refractivity contribution in [3.05, 3.63) is 89.5 Å². The number of Topliss-reactive ketones (excluding diaryl/α,β-unsaturated/α-hetero) is 1. The molecule has 1 amide bonds. The molecule has 0 radical (unpaired) electrons. The van der Waals surface area contributed by atoms with Crippen molar-refractivity contribution in [1.29, 1.82) is 0 Å². The van der Waals surface area contributed by atoms with E-state index in [2.05, 4.69) is 4.98 Å². The molecule has 1 fully saturated rings. The van der Waals surface area contributed by atoms with Crippen LogP contribution in [0.5, 0.6) is 5.75 Å². The smallest absolute Gasteiger partial charge is 0.295 e. The van der Waals surface area contributed by atoms with Crippen LogP contribution in [-0.2, 0) is 16.1 Å². The Labute approximate surface area is 199 Å². The number of aryl methyl sites for hydroxylation is 2. The molecular formula is C27H29N3O4. The Kier molecular flexibility index (Phi) is 6.82. The predicted octanol–water partition coefficient (Wildman–Crippen LogP) is 4.49. The number of imidazole rings is 1. The average Bonchev–Trinajstić information content (AvgIpc) is 3.42. The summed E-state index contributed by atoms with van der Waals surface area (Å²) in [6.07, 6.45) is 5.95. The van der Waals surface area contributed by atoms with Crippen LogP contribution in [0.4, 0.5) is 0 Å². The highest BCUT2D eigenvalue weighted by molar-refractivity contribution is 6.46. The maximum absolute atomic E-state index is 13.1. The number of carbonyl (C=O) groups excluding carboxylic acids is 2. The van der Waals surface area contributed by atoms with E-state index in [9.17, 15) is 14.7 Å². The maximum atomic E-state index is 13.1. The molecular weight excluding hydrogens is 430 g/mol. The third kappa shape index (κ3) is 4.88. The summed E-state index contributed by atoms with van der Waals surface area (Å²) in [5.74, 6) is -0.739. The molecule has 1 unspecified atom stereocenters. The molecule has 7 nitrogen and oxygen atoms in total. The van der Waals surface area contributed by atoms with Gasteiger partial charge in [0, 0.05) is 31.0 Å². The quantitative estimate of drug-likeness (QED) is 0.305. The zero-order valence-electron chi connectivity index (χ0n) is 19.6. The number of rotatable bonds is 8. The van der Waals surface area contributed by atoms with Crippen LogP contribution < -0.4 is 4.74 Å². The van der Waals surface area contributed by atoms with E-state index in [-0.39, 0.29) is 17.4 Å². The van der Waals surface area contributed by atoms with Crippen LogP contribution in [0.25, 0.3) is 5.76 Å². The maximum Gasteiger partial charge on any atom is 0.295 e. The molecule has 1 aliphatic heterocycles. The van der Waals surface area contributed by atoms with Gasteiger partial charge >= 0.3 is 0 Å². The fraction of sp³-hybridized carbons (Fsp3) is 0.296. The van der Waals surface area contributed by atoms with E-state index in [0.717, 1.165) is 11.1 Å². The predicted molar refractivity (Wildman–Crippen MR) is 129 cm³/mol. The van der Waals surface area contributed by atoms with Crippen LogP contribution in [0.15, 0.2) is 72.8 Å². The third-order valence-electron chi connectivity index (χ3n) is 5.81. The van der Waals surface area contributed by atoms with Crippen molar-refractivity contribution >= 4 is 17.4 Å². The molecule has 1 aromatic heterocycles. The van der Waals surface area contributed by atoms with Crippen LogP contribution >= 0.6 is 0 Å². The summed E-state index contributed by atoms with van der Waals surface area (Å²) >= 11 is 0. The van der Waals surface area contributed by atoms with E-state index in [4.69, 9.17) is 4.74 Å². The summed E-state index contributed by atoms with van der Waals surface area (Å²) in [5.41, 5.74) is 2.39. The molecule has 0 saturated carbocycles. The summed E-state index contributed by atoms with van der Waals surface area (Å²) in [7, 11) is 0. The van der Waals surface area contributed by atoms with Crippen molar-refractivity contribution in [2.24, 2.45) is 0 Å². The number of hydrogen-bond acceptors (Lipinski definition) is 5. The highest BCUT2D eigenvalue weighted by atomic mass is 16.5. The summed E-state index contributed by atoms with van der Waals surface area (Å²) in [4.78, 5) is 31.8. The summed E-state index contributed by atoms with van der Waals surface area (Å²) in [6.45, 7) is 6.87. The molecule has 1 N–H and O–H groups in total. The van der Waals surface area contributed by atoms with Crippen molar-refractivity contribution in [3.63, 3.8) is 0 Å². The second kappa shape index (κ2) is 9.95. The summed E-state index contributed by atoms with van der Waals surface area (Å²) in [5, 5.41) is 11.1. The molecule has 1 aliphatic rings. The molecule has 2 aromatic carbocycles. The van der Waals surface area contributed by atoms with Crippen molar-refractivity contribution < 1.29 is 19.4 Å². The van der Waals surface area contributed by atoms with Crippen molar-refractivity contribution in [2.75, 3.05) is 6.54 Å². The molecule has 176 valence electrons. The lowest BCUT2D eigenvalue weighted by Gasteiger charge is -2.25. The minimum Gasteiger partial charge on any atom is -0.507 e. The average molecular weight is 460 g/mol. The minimum atomic E-state index is -0.683. The normalized spacial score (nSPS) is 17.5. The van der Waals surface area contributed by atoms with Gasteiger partial charge in [0.15, 0.2) is 0 Å². The molecule has 1 atom stereocenters. The second-order valence-electron chi connectivity index (χ2n) is 8.75. The van der Waals surface area contributed by atoms with Crippen LogP contribution in [-0.4, -0.2) is 43.9 Å². The number of ketones is 1. The van der Waals surface area contributed by atoms with E-state index in [0.29, 0.717) is 30.8 Å². The van der Waals surface area contributed by atoms with Crippen molar-refractivity contribution in [2.45, 2.75) is 45.9 Å². The Balaban J connectivity index is 1.71. The van der Waals surface area contributed by atoms with Gasteiger partial charge in [-0.3, -0.25) is 9.59 Å². The monoisotopic (exact) mass is 459 g/mol. The summed E-state index contributed by atoms with van der Waals surface area (Å²) < 4.78 is 7.67. The van der Waals surface area contributed by atoms with Gasteiger partial charge in [0.25, 0.3) is 11.7 Å². The van der Waals surface area contributed by atoms with E-state index < -0.39 is 17.7 Å². The van der Waals surface area contributed by atoms with Gasteiger partial charge in [-0.05, 0) is 44.9 Å². The molecule has 3 aromatic rings. The standard InChI is InChI=1S/C27H29N3O4/c1-18(2)34-22-11-9-20(10-12-22)24-23(25(31)21-7-5-19(3)6-8-21)26(32)27(33)30(24)15-4-14-29-16-13-28-17-29/h5-13,16-18,24,31H,4,14-15H2,1-3H3/b25-23-. The van der Waals surface area contributed by atoms with Crippen LogP contribution in [0, 0.1) is 6.92 Å². The molecule has 0 aliphatic carbocycles. The first-order valence-corrected chi connectivity index (χ1v) is 11.4. The molecule has 4 rings (SSSR count). The topological polar surface area (TPSA) is 84.7 Å². The highest BCUT2D eigenvalue weighted by Gasteiger charge is 2.45. The van der Waals surface area contributed by atoms with Gasteiger partial charge < -0.3 is 19.3 Å². The molecule has 34 heavy (non-hydrogen) atoms. The van der Waals surface area contributed by atoms with E-state index in [1.54, 1.807) is 29.6 Å². The first-order valence-electron chi connectivity index (χ1n) is 11.4. The largest absolute Gasteiger partial charge is 0.507 e. The number of benzene rings is 2. The number of likely N-dealkylation sites (tertiary alicyclic amines) is 1. The van der Waals surface area contributed by atoms with Gasteiger partial charge in [-0.2, -0.15) is 0 Å². The number of ether oxygens (including phenoxy) is 1. The van der Waals surface area contributed by atoms with Gasteiger partial charge in [-0.1, -0.05) is 42.0 Å². The number of aromatic nitrogens is 2. The number of amides is 1. The van der Waals surface area contributed by atoms with Crippen LogP contribution in [0.2, 0.25) is 0 Å². The number of aliphatic hydroxyl groups excluding tert-OH is 1. The molecule has 7 heteroatoms. The van der Waals surface area contributed by atoms with Gasteiger partial charge in [-0.15, -0.1) is 0 Å². The molecule has 0 spiro atoms. The number of carbonyl (C=O) groups is 2. The van der Waals surface area contributed by atoms with Crippen molar-refractivity contribution in [3.8, 4) is 5.75 Å². The lowest BCUT2D eigenvalue weighted by molar-refractivity contribution is -0.139. The number of hydrogen-bond donors (Lipinski definition) is 1. The Hall–Kier alpha value is -3.87. The van der Waals surface area contributed by atoms with Gasteiger partial charge in [0.1, 0.15) is 11.5 Å². The lowest BCUT2D eigenvalue weighted by atomic mass is 9.95. The fourth-order valence-corrected chi connectivity index (χ4v) is 4.17. The van der Waals surface area contributed by atoms with Gasteiger partial charge in [0.05, 0.1) is 24.0 Å². The zero-order chi connectivity index (χ0) is 24.2. The van der Waals surface area contributed by atoms with E-state index >= 15 is 0 Å². The second-order valence-corrected chi connectivity index (χ2v) is 8.75. The zero-order valence-corrected chi connectivity index (χ0v) is 19.6. The first kappa shape index (κ1) is 23.3. The Morgan fingerprint density at radius 3 is 2.38 bits per heavy atom. The van der Waals surface area contributed by atoms with Gasteiger partial charge in [0.2, 0.25) is 0 Å².